The monoisotopic (exact) mass is 433 g/mol. The van der Waals surface area contributed by atoms with E-state index in [9.17, 15) is 0 Å². The molecule has 0 aromatic heterocycles. The Hall–Kier alpha value is -1.44. The summed E-state index contributed by atoms with van der Waals surface area (Å²) in [5.74, 6) is 2.33. The van der Waals surface area contributed by atoms with E-state index in [4.69, 9.17) is 9.47 Å². The van der Waals surface area contributed by atoms with Crippen LogP contribution in [0.4, 0.5) is 0 Å². The maximum atomic E-state index is 5.31. The molecule has 0 unspecified atom stereocenters. The molecular weight excluding hydrogens is 405 g/mol. The first-order valence-corrected chi connectivity index (χ1v) is 7.51. The van der Waals surface area contributed by atoms with E-state index in [0.717, 1.165) is 43.4 Å². The largest absolute Gasteiger partial charge is 0.493 e. The number of rotatable bonds is 8. The molecule has 0 bridgehead atoms. The van der Waals surface area contributed by atoms with Crippen molar-refractivity contribution in [3.63, 3.8) is 0 Å². The Morgan fingerprint density at radius 3 is 2.43 bits per heavy atom. The van der Waals surface area contributed by atoms with Gasteiger partial charge in [0.25, 0.3) is 0 Å². The van der Waals surface area contributed by atoms with E-state index in [1.54, 1.807) is 21.3 Å². The van der Waals surface area contributed by atoms with Gasteiger partial charge in [0.1, 0.15) is 0 Å². The number of halogens is 1. The molecule has 0 aliphatic rings. The molecule has 2 N–H and O–H groups in total. The molecule has 1 aromatic carbocycles. The van der Waals surface area contributed by atoms with Crippen molar-refractivity contribution in [2.45, 2.75) is 19.8 Å². The Kier molecular flexibility index (Phi) is 12.2. The van der Waals surface area contributed by atoms with Crippen LogP contribution < -0.4 is 20.1 Å². The maximum absolute atomic E-state index is 5.31. The summed E-state index contributed by atoms with van der Waals surface area (Å²) in [5, 5.41) is 6.58. The van der Waals surface area contributed by atoms with Crippen LogP contribution in [0.15, 0.2) is 35.3 Å². The number of allylic oxidation sites excluding steroid dienone is 1. The third-order valence-electron chi connectivity index (χ3n) is 3.22. The van der Waals surface area contributed by atoms with Crippen LogP contribution in [0.5, 0.6) is 11.5 Å². The minimum absolute atomic E-state index is 0. The molecule has 0 saturated carbocycles. The summed E-state index contributed by atoms with van der Waals surface area (Å²) in [7, 11) is 5.07. The second-order valence-corrected chi connectivity index (χ2v) is 4.72. The van der Waals surface area contributed by atoms with E-state index in [1.807, 2.05) is 25.1 Å². The molecule has 130 valence electrons. The van der Waals surface area contributed by atoms with Crippen molar-refractivity contribution in [1.82, 2.24) is 10.6 Å². The van der Waals surface area contributed by atoms with Gasteiger partial charge in [0.05, 0.1) is 14.2 Å². The number of aliphatic imine (C=N–C) groups is 1. The van der Waals surface area contributed by atoms with Gasteiger partial charge in [-0.05, 0) is 37.5 Å². The molecule has 0 radical (unpaired) electrons. The standard InChI is InChI=1S/C17H27N3O2.HI/c1-5-6-7-11-19-17(18-2)20-12-10-14-8-9-15(21-3)16(13-14)22-4;/h5-6,8-9,13H,7,10-12H2,1-4H3,(H2,18,19,20);1H/b6-5+;. The van der Waals surface area contributed by atoms with Crippen molar-refractivity contribution in [2.75, 3.05) is 34.4 Å². The molecule has 23 heavy (non-hydrogen) atoms. The van der Waals surface area contributed by atoms with E-state index < -0.39 is 0 Å². The molecule has 0 aliphatic heterocycles. The number of benzene rings is 1. The molecule has 0 fully saturated rings. The van der Waals surface area contributed by atoms with Crippen molar-refractivity contribution in [3.05, 3.63) is 35.9 Å². The topological polar surface area (TPSA) is 54.9 Å². The van der Waals surface area contributed by atoms with Crippen molar-refractivity contribution >= 4 is 29.9 Å². The van der Waals surface area contributed by atoms with Crippen LogP contribution >= 0.6 is 24.0 Å². The predicted molar refractivity (Wildman–Crippen MR) is 107 cm³/mol. The third-order valence-corrected chi connectivity index (χ3v) is 3.22. The minimum Gasteiger partial charge on any atom is -0.493 e. The predicted octanol–water partition coefficient (Wildman–Crippen LogP) is 3.00. The summed E-state index contributed by atoms with van der Waals surface area (Å²) in [6.45, 7) is 3.70. The molecule has 0 spiro atoms. The lowest BCUT2D eigenvalue weighted by Crippen LogP contribution is -2.38. The highest BCUT2D eigenvalue weighted by atomic mass is 127. The second kappa shape index (κ2) is 13.0. The van der Waals surface area contributed by atoms with Crippen molar-refractivity contribution in [3.8, 4) is 11.5 Å². The lowest BCUT2D eigenvalue weighted by molar-refractivity contribution is 0.354. The Morgan fingerprint density at radius 2 is 1.83 bits per heavy atom. The molecule has 0 aliphatic carbocycles. The fraction of sp³-hybridized carbons (Fsp3) is 0.471. The van der Waals surface area contributed by atoms with Crippen LogP contribution in [0.2, 0.25) is 0 Å². The number of ether oxygens (including phenoxy) is 2. The molecule has 1 rings (SSSR count). The summed E-state index contributed by atoms with van der Waals surface area (Å²) in [6, 6.07) is 5.98. The first-order chi connectivity index (χ1) is 10.7. The molecule has 0 amide bonds. The normalized spacial score (nSPS) is 11.0. The van der Waals surface area contributed by atoms with Crippen LogP contribution in [-0.4, -0.2) is 40.3 Å². The lowest BCUT2D eigenvalue weighted by atomic mass is 10.1. The molecule has 0 saturated heterocycles. The SMILES string of the molecule is C/C=C/CCNC(=NC)NCCc1ccc(OC)c(OC)c1.I. The molecule has 0 atom stereocenters. The zero-order valence-corrected chi connectivity index (χ0v) is 16.7. The highest BCUT2D eigenvalue weighted by Crippen LogP contribution is 2.27. The van der Waals surface area contributed by atoms with E-state index >= 15 is 0 Å². The first-order valence-electron chi connectivity index (χ1n) is 7.51. The van der Waals surface area contributed by atoms with Gasteiger partial charge in [0.15, 0.2) is 17.5 Å². The molecule has 6 heteroatoms. The number of guanidine groups is 1. The highest BCUT2D eigenvalue weighted by molar-refractivity contribution is 14.0. The average Bonchev–Trinajstić information content (AvgIpc) is 2.56. The minimum atomic E-state index is 0. The van der Waals surface area contributed by atoms with Crippen LogP contribution in [-0.2, 0) is 6.42 Å². The number of nitrogens with zero attached hydrogens (tertiary/aromatic N) is 1. The van der Waals surface area contributed by atoms with Gasteiger partial charge in [-0.2, -0.15) is 0 Å². The Bertz CT molecular complexity index is 505. The summed E-state index contributed by atoms with van der Waals surface area (Å²) in [4.78, 5) is 4.20. The van der Waals surface area contributed by atoms with Gasteiger partial charge in [-0.1, -0.05) is 18.2 Å². The molecular formula is C17H28IN3O2. The van der Waals surface area contributed by atoms with Gasteiger partial charge in [-0.15, -0.1) is 24.0 Å². The van der Waals surface area contributed by atoms with Crippen LogP contribution in [0.25, 0.3) is 0 Å². The smallest absolute Gasteiger partial charge is 0.190 e. The van der Waals surface area contributed by atoms with Crippen molar-refractivity contribution in [2.24, 2.45) is 4.99 Å². The van der Waals surface area contributed by atoms with E-state index in [-0.39, 0.29) is 24.0 Å². The van der Waals surface area contributed by atoms with Gasteiger partial charge in [-0.25, -0.2) is 0 Å². The quantitative estimate of drug-likeness (QED) is 0.218. The Balaban J connectivity index is 0.00000484. The zero-order valence-electron chi connectivity index (χ0n) is 14.4. The van der Waals surface area contributed by atoms with Crippen LogP contribution in [0.1, 0.15) is 18.9 Å². The van der Waals surface area contributed by atoms with Gasteiger partial charge in [0.2, 0.25) is 0 Å². The Labute approximate surface area is 156 Å². The van der Waals surface area contributed by atoms with E-state index in [0.29, 0.717) is 0 Å². The summed E-state index contributed by atoms with van der Waals surface area (Å²) in [6.07, 6.45) is 6.06. The molecule has 5 nitrogen and oxygen atoms in total. The fourth-order valence-corrected chi connectivity index (χ4v) is 2.02. The zero-order chi connectivity index (χ0) is 16.2. The summed E-state index contributed by atoms with van der Waals surface area (Å²) in [5.41, 5.74) is 1.19. The third kappa shape index (κ3) is 8.11. The molecule has 1 aromatic rings. The summed E-state index contributed by atoms with van der Waals surface area (Å²) >= 11 is 0. The average molecular weight is 433 g/mol. The maximum Gasteiger partial charge on any atom is 0.190 e. The number of nitrogens with one attached hydrogen (secondary N) is 2. The van der Waals surface area contributed by atoms with E-state index in [1.165, 1.54) is 5.56 Å². The van der Waals surface area contributed by atoms with E-state index in [2.05, 4.69) is 27.8 Å². The second-order valence-electron chi connectivity index (χ2n) is 4.72. The van der Waals surface area contributed by atoms with Crippen molar-refractivity contribution in [1.29, 1.82) is 0 Å². The van der Waals surface area contributed by atoms with Gasteiger partial charge < -0.3 is 20.1 Å². The van der Waals surface area contributed by atoms with Crippen LogP contribution in [0.3, 0.4) is 0 Å². The number of hydrogen-bond acceptors (Lipinski definition) is 3. The highest BCUT2D eigenvalue weighted by Gasteiger charge is 2.04. The first kappa shape index (κ1) is 21.6. The number of hydrogen-bond donors (Lipinski definition) is 2. The van der Waals surface area contributed by atoms with Crippen molar-refractivity contribution < 1.29 is 9.47 Å². The number of methoxy groups -OCH3 is 2. The van der Waals surface area contributed by atoms with Crippen LogP contribution in [0, 0.1) is 0 Å². The molecule has 0 heterocycles. The Morgan fingerprint density at radius 1 is 1.13 bits per heavy atom. The van der Waals surface area contributed by atoms with Gasteiger partial charge in [0, 0.05) is 20.1 Å². The summed E-state index contributed by atoms with van der Waals surface area (Å²) < 4.78 is 10.6. The van der Waals surface area contributed by atoms with Gasteiger partial charge in [-0.3, -0.25) is 4.99 Å². The fourth-order valence-electron chi connectivity index (χ4n) is 2.02. The van der Waals surface area contributed by atoms with Gasteiger partial charge >= 0.3 is 0 Å². The lowest BCUT2D eigenvalue weighted by Gasteiger charge is -2.12.